The van der Waals surface area contributed by atoms with Crippen molar-refractivity contribution in [1.29, 1.82) is 0 Å². The molecule has 0 saturated heterocycles. The second-order valence-electron chi connectivity index (χ2n) is 1.42. The fourth-order valence-corrected chi connectivity index (χ4v) is 0.472. The summed E-state index contributed by atoms with van der Waals surface area (Å²) in [6.07, 6.45) is 3.53. The molecule has 0 aromatic carbocycles. The number of ether oxygens (including phenoxy) is 1. The Labute approximate surface area is 47.9 Å². The van der Waals surface area contributed by atoms with Crippen LogP contribution < -0.4 is 5.73 Å². The molecule has 0 unspecified atom stereocenters. The summed E-state index contributed by atoms with van der Waals surface area (Å²) in [5.74, 6) is 0.618. The normalized spacial score (nSPS) is 17.4. The van der Waals surface area contributed by atoms with Crippen LogP contribution in [0.2, 0.25) is 0 Å². The van der Waals surface area contributed by atoms with E-state index in [0.717, 1.165) is 0 Å². The van der Waals surface area contributed by atoms with Gasteiger partial charge < -0.3 is 10.5 Å². The van der Waals surface area contributed by atoms with Crippen molar-refractivity contribution in [3.05, 3.63) is 12.3 Å². The van der Waals surface area contributed by atoms with Gasteiger partial charge in [0, 0.05) is 6.20 Å². The molecular weight excluding hydrogens is 104 g/mol. The fourth-order valence-electron chi connectivity index (χ4n) is 0.472. The summed E-state index contributed by atoms with van der Waals surface area (Å²) in [7, 11) is 0. The minimum Gasteiger partial charge on any atom is -0.476 e. The van der Waals surface area contributed by atoms with Crippen molar-refractivity contribution >= 4 is 5.90 Å². The molecule has 1 heterocycles. The van der Waals surface area contributed by atoms with Crippen LogP contribution in [0.1, 0.15) is 0 Å². The van der Waals surface area contributed by atoms with Crippen molar-refractivity contribution in [3.63, 3.8) is 0 Å². The van der Waals surface area contributed by atoms with Crippen LogP contribution in [0.4, 0.5) is 0 Å². The topological polar surface area (TPSA) is 47.6 Å². The molecule has 1 aliphatic rings. The number of nitrogens with two attached hydrogens (primary N) is 1. The van der Waals surface area contributed by atoms with Crippen molar-refractivity contribution in [2.24, 2.45) is 10.7 Å². The molecule has 8 heavy (non-hydrogen) atoms. The van der Waals surface area contributed by atoms with E-state index in [1.165, 1.54) is 0 Å². The lowest BCUT2D eigenvalue weighted by atomic mass is 10.5. The van der Waals surface area contributed by atoms with Crippen LogP contribution in [0.5, 0.6) is 0 Å². The summed E-state index contributed by atoms with van der Waals surface area (Å²) in [6.45, 7) is 1.00. The highest BCUT2D eigenvalue weighted by molar-refractivity contribution is 5.79. The predicted molar refractivity (Wildman–Crippen MR) is 31.6 cm³/mol. The molecular formula is C5H8N2O. The van der Waals surface area contributed by atoms with E-state index in [2.05, 4.69) is 4.99 Å². The maximum atomic E-state index is 5.21. The molecule has 1 aliphatic heterocycles. The van der Waals surface area contributed by atoms with Gasteiger partial charge in [-0.15, -0.1) is 0 Å². The Morgan fingerprint density at radius 1 is 1.88 bits per heavy atom. The Balaban J connectivity index is 2.50. The maximum Gasteiger partial charge on any atom is 0.202 e. The van der Waals surface area contributed by atoms with Gasteiger partial charge in [0.05, 0.1) is 6.54 Å². The smallest absolute Gasteiger partial charge is 0.202 e. The first-order valence-corrected chi connectivity index (χ1v) is 2.48. The second-order valence-corrected chi connectivity index (χ2v) is 1.42. The zero-order chi connectivity index (χ0) is 5.82. The number of hydrogen-bond acceptors (Lipinski definition) is 3. The average molecular weight is 112 g/mol. The molecule has 0 spiro atoms. The third-order valence-corrected chi connectivity index (χ3v) is 0.845. The van der Waals surface area contributed by atoms with Crippen molar-refractivity contribution in [1.82, 2.24) is 0 Å². The molecule has 0 aromatic heterocycles. The van der Waals surface area contributed by atoms with E-state index in [1.807, 2.05) is 6.08 Å². The molecule has 0 amide bonds. The molecule has 1 rings (SSSR count). The van der Waals surface area contributed by atoms with E-state index in [9.17, 15) is 0 Å². The lowest BCUT2D eigenvalue weighted by Gasteiger charge is -2.05. The lowest BCUT2D eigenvalue weighted by Crippen LogP contribution is -2.18. The Morgan fingerprint density at radius 2 is 2.75 bits per heavy atom. The highest BCUT2D eigenvalue weighted by Crippen LogP contribution is 1.90. The standard InChI is InChI=1S/C5H8N2O/c6-4-5-7-2-1-3-8-5/h1-2H,3-4,6H2. The molecule has 0 aliphatic carbocycles. The van der Waals surface area contributed by atoms with E-state index in [-0.39, 0.29) is 0 Å². The zero-order valence-corrected chi connectivity index (χ0v) is 4.50. The average Bonchev–Trinajstić information content (AvgIpc) is 1.90. The van der Waals surface area contributed by atoms with Crippen LogP contribution in [0.25, 0.3) is 0 Å². The van der Waals surface area contributed by atoms with E-state index in [4.69, 9.17) is 10.5 Å². The van der Waals surface area contributed by atoms with Crippen molar-refractivity contribution in [2.45, 2.75) is 0 Å². The SMILES string of the molecule is NCC1=NC=CCO1. The minimum atomic E-state index is 0.393. The summed E-state index contributed by atoms with van der Waals surface area (Å²) >= 11 is 0. The molecule has 0 atom stereocenters. The first-order chi connectivity index (χ1) is 3.93. The minimum absolute atomic E-state index is 0.393. The van der Waals surface area contributed by atoms with Crippen molar-refractivity contribution in [3.8, 4) is 0 Å². The van der Waals surface area contributed by atoms with Gasteiger partial charge in [-0.25, -0.2) is 4.99 Å². The molecule has 2 N–H and O–H groups in total. The van der Waals surface area contributed by atoms with Gasteiger partial charge in [0.15, 0.2) is 0 Å². The molecule has 0 bridgehead atoms. The van der Waals surface area contributed by atoms with Crippen molar-refractivity contribution < 1.29 is 4.74 Å². The second kappa shape index (κ2) is 2.47. The predicted octanol–water partition coefficient (Wildman–Crippen LogP) is -0.113. The molecule has 0 fully saturated rings. The Bertz CT molecular complexity index is 128. The first-order valence-electron chi connectivity index (χ1n) is 2.48. The van der Waals surface area contributed by atoms with E-state index >= 15 is 0 Å². The van der Waals surface area contributed by atoms with Crippen LogP contribution in [0.15, 0.2) is 17.3 Å². The third kappa shape index (κ3) is 1.07. The van der Waals surface area contributed by atoms with Gasteiger partial charge in [0.1, 0.15) is 6.61 Å². The maximum absolute atomic E-state index is 5.21. The van der Waals surface area contributed by atoms with Gasteiger partial charge in [-0.1, -0.05) is 0 Å². The Morgan fingerprint density at radius 3 is 3.12 bits per heavy atom. The number of nitrogens with zero attached hydrogens (tertiary/aromatic N) is 1. The first kappa shape index (κ1) is 5.31. The summed E-state index contributed by atoms with van der Waals surface area (Å²) in [5, 5.41) is 0. The van der Waals surface area contributed by atoms with Gasteiger partial charge in [-0.05, 0) is 6.08 Å². The van der Waals surface area contributed by atoms with Crippen LogP contribution in [-0.2, 0) is 4.74 Å². The monoisotopic (exact) mass is 112 g/mol. The van der Waals surface area contributed by atoms with E-state index in [0.29, 0.717) is 19.0 Å². The van der Waals surface area contributed by atoms with Gasteiger partial charge in [-0.3, -0.25) is 0 Å². The van der Waals surface area contributed by atoms with Gasteiger partial charge in [0.25, 0.3) is 0 Å². The molecule has 44 valence electrons. The van der Waals surface area contributed by atoms with Gasteiger partial charge in [-0.2, -0.15) is 0 Å². The highest BCUT2D eigenvalue weighted by atomic mass is 16.5. The summed E-state index contributed by atoms with van der Waals surface area (Å²) in [5.41, 5.74) is 5.21. The van der Waals surface area contributed by atoms with E-state index < -0.39 is 0 Å². The van der Waals surface area contributed by atoms with Crippen molar-refractivity contribution in [2.75, 3.05) is 13.2 Å². The van der Waals surface area contributed by atoms with Crippen LogP contribution in [-0.4, -0.2) is 19.0 Å². The molecule has 0 aromatic rings. The number of rotatable bonds is 1. The van der Waals surface area contributed by atoms with Crippen LogP contribution in [0, 0.1) is 0 Å². The van der Waals surface area contributed by atoms with E-state index in [1.54, 1.807) is 6.20 Å². The fraction of sp³-hybridized carbons (Fsp3) is 0.400. The zero-order valence-electron chi connectivity index (χ0n) is 4.50. The van der Waals surface area contributed by atoms with Crippen LogP contribution in [0.3, 0.4) is 0 Å². The largest absolute Gasteiger partial charge is 0.476 e. The van der Waals surface area contributed by atoms with Gasteiger partial charge in [0.2, 0.25) is 5.90 Å². The lowest BCUT2D eigenvalue weighted by molar-refractivity contribution is 0.338. The Hall–Kier alpha value is -0.830. The molecule has 0 radical (unpaired) electrons. The number of aliphatic imine (C=N–C) groups is 1. The third-order valence-electron chi connectivity index (χ3n) is 0.845. The molecule has 0 saturated carbocycles. The summed E-state index contributed by atoms with van der Waals surface area (Å²) < 4.78 is 4.97. The summed E-state index contributed by atoms with van der Waals surface area (Å²) in [4.78, 5) is 3.84. The molecule has 3 nitrogen and oxygen atoms in total. The molecule has 3 heteroatoms. The van der Waals surface area contributed by atoms with Crippen LogP contribution >= 0.6 is 0 Å². The van der Waals surface area contributed by atoms with Gasteiger partial charge >= 0.3 is 0 Å². The quantitative estimate of drug-likeness (QED) is 0.514. The Kier molecular flexibility index (Phi) is 1.64. The number of hydrogen-bond donors (Lipinski definition) is 1. The highest BCUT2D eigenvalue weighted by Gasteiger charge is 1.95. The summed E-state index contributed by atoms with van der Waals surface area (Å²) in [6, 6.07) is 0.